The summed E-state index contributed by atoms with van der Waals surface area (Å²) in [5.74, 6) is 0.555. The van der Waals surface area contributed by atoms with Crippen molar-refractivity contribution in [2.24, 2.45) is 0 Å². The molecule has 0 radical (unpaired) electrons. The maximum atomic E-state index is 13.2. The number of carbonyl (C=O) groups excluding carboxylic acids is 1. The first-order chi connectivity index (χ1) is 16.4. The van der Waals surface area contributed by atoms with E-state index in [-0.39, 0.29) is 31.8 Å². The number of amides is 1. The number of likely N-dealkylation sites (tertiary alicyclic amines) is 1. The average molecular weight is 530 g/mol. The molecule has 0 aliphatic carbocycles. The van der Waals surface area contributed by atoms with Crippen molar-refractivity contribution in [1.82, 2.24) is 9.88 Å². The Balaban J connectivity index is 1.59. The van der Waals surface area contributed by atoms with Gasteiger partial charge >= 0.3 is 6.18 Å². The van der Waals surface area contributed by atoms with E-state index in [1.807, 2.05) is 36.1 Å². The molecule has 2 aromatic rings. The first-order valence-electron chi connectivity index (χ1n) is 11.6. The number of benzene rings is 1. The van der Waals surface area contributed by atoms with E-state index in [0.717, 1.165) is 11.3 Å². The minimum absolute atomic E-state index is 0.0213. The average Bonchev–Trinajstić information content (AvgIpc) is 2.81. The van der Waals surface area contributed by atoms with Gasteiger partial charge in [0, 0.05) is 37.2 Å². The van der Waals surface area contributed by atoms with Gasteiger partial charge in [-0.05, 0) is 69.0 Å². The number of piperidine rings is 2. The summed E-state index contributed by atoms with van der Waals surface area (Å²) < 4.78 is 39.6. The summed E-state index contributed by atoms with van der Waals surface area (Å²) in [5, 5.41) is 10.8. The summed E-state index contributed by atoms with van der Waals surface area (Å²) in [7, 11) is 0. The first kappa shape index (κ1) is 26.2. The fourth-order valence-electron chi connectivity index (χ4n) is 5.05. The van der Waals surface area contributed by atoms with E-state index in [1.54, 1.807) is 17.0 Å². The highest BCUT2D eigenvalue weighted by atomic mass is 35.5. The van der Waals surface area contributed by atoms with Crippen LogP contribution in [0.25, 0.3) is 0 Å². The molecule has 0 saturated carbocycles. The third kappa shape index (κ3) is 5.45. The zero-order valence-corrected chi connectivity index (χ0v) is 20.9. The molecule has 2 fully saturated rings. The van der Waals surface area contributed by atoms with E-state index in [4.69, 9.17) is 23.2 Å². The van der Waals surface area contributed by atoms with E-state index >= 15 is 0 Å². The van der Waals surface area contributed by atoms with Crippen LogP contribution >= 0.6 is 23.2 Å². The lowest BCUT2D eigenvalue weighted by Crippen LogP contribution is -2.54. The molecule has 1 amide bonds. The maximum Gasteiger partial charge on any atom is 0.417 e. The molecule has 2 aliphatic heterocycles. The van der Waals surface area contributed by atoms with Gasteiger partial charge in [0.2, 0.25) is 5.91 Å². The van der Waals surface area contributed by atoms with Crippen LogP contribution in [0.2, 0.25) is 10.0 Å². The second-order valence-electron chi connectivity index (χ2n) is 9.65. The first-order valence-corrected chi connectivity index (χ1v) is 12.4. The third-order valence-corrected chi connectivity index (χ3v) is 8.12. The van der Waals surface area contributed by atoms with Crippen molar-refractivity contribution < 1.29 is 23.1 Å². The molecule has 0 unspecified atom stereocenters. The summed E-state index contributed by atoms with van der Waals surface area (Å²) in [6, 6.07) is 11.0. The Morgan fingerprint density at radius 2 is 1.80 bits per heavy atom. The second-order valence-corrected chi connectivity index (χ2v) is 10.5. The molecular weight excluding hydrogens is 502 g/mol. The van der Waals surface area contributed by atoms with Gasteiger partial charge in [0.25, 0.3) is 0 Å². The molecule has 10 heteroatoms. The van der Waals surface area contributed by atoms with E-state index in [2.05, 4.69) is 4.98 Å². The molecule has 2 saturated heterocycles. The van der Waals surface area contributed by atoms with E-state index in [9.17, 15) is 23.1 Å². The Morgan fingerprint density at radius 3 is 2.43 bits per heavy atom. The molecular formula is C25H28Cl2F3N3O2. The Labute approximate surface area is 212 Å². The van der Waals surface area contributed by atoms with Gasteiger partial charge < -0.3 is 10.0 Å². The monoisotopic (exact) mass is 529 g/mol. The number of nitrogens with zero attached hydrogens (tertiary/aromatic N) is 3. The molecule has 190 valence electrons. The van der Waals surface area contributed by atoms with Crippen LogP contribution in [-0.2, 0) is 10.2 Å². The zero-order valence-electron chi connectivity index (χ0n) is 19.4. The molecule has 1 N–H and O–H groups in total. The molecule has 1 atom stereocenters. The number of halogens is 5. The van der Waals surface area contributed by atoms with Crippen LogP contribution in [0.15, 0.2) is 36.4 Å². The Hall–Kier alpha value is -1.87. The molecule has 1 aromatic heterocycles. The summed E-state index contributed by atoms with van der Waals surface area (Å²) >= 11 is 12.5. The molecule has 35 heavy (non-hydrogen) atoms. The predicted octanol–water partition coefficient (Wildman–Crippen LogP) is 5.54. The normalized spacial score (nSPS) is 23.5. The van der Waals surface area contributed by atoms with Crippen molar-refractivity contribution in [2.45, 2.75) is 56.2 Å². The van der Waals surface area contributed by atoms with E-state index in [0.29, 0.717) is 48.2 Å². The molecule has 5 nitrogen and oxygen atoms in total. The fraction of sp³-hybridized carbons (Fsp3) is 0.520. The van der Waals surface area contributed by atoms with Crippen molar-refractivity contribution in [1.29, 1.82) is 0 Å². The van der Waals surface area contributed by atoms with Gasteiger partial charge in [-0.2, -0.15) is 13.2 Å². The summed E-state index contributed by atoms with van der Waals surface area (Å²) in [6.07, 6.45) is -3.85. The van der Waals surface area contributed by atoms with Gasteiger partial charge in [-0.25, -0.2) is 4.98 Å². The molecule has 2 aliphatic rings. The van der Waals surface area contributed by atoms with Crippen LogP contribution in [-0.4, -0.2) is 58.9 Å². The number of anilines is 1. The lowest BCUT2D eigenvalue weighted by molar-refractivity contribution is -0.272. The second kappa shape index (κ2) is 9.88. The van der Waals surface area contributed by atoms with Crippen molar-refractivity contribution in [3.63, 3.8) is 0 Å². The van der Waals surface area contributed by atoms with Crippen LogP contribution in [0.1, 0.15) is 43.4 Å². The van der Waals surface area contributed by atoms with Gasteiger partial charge in [-0.15, -0.1) is 0 Å². The van der Waals surface area contributed by atoms with Crippen LogP contribution < -0.4 is 4.90 Å². The topological polar surface area (TPSA) is 56.7 Å². The van der Waals surface area contributed by atoms with Gasteiger partial charge in [-0.3, -0.25) is 9.69 Å². The Bertz CT molecular complexity index is 1090. The number of alkyl halides is 3. The number of pyridine rings is 1. The SMILES string of the molecule is Cc1cccc(N2C[C@@](CCN3CCC(O)(C(F)(F)F)CC3)(c3ccc(Cl)c(Cl)c3)CCC2=O)n1. The van der Waals surface area contributed by atoms with Crippen LogP contribution in [0.3, 0.4) is 0 Å². The van der Waals surface area contributed by atoms with Gasteiger partial charge in [-0.1, -0.05) is 35.3 Å². The summed E-state index contributed by atoms with van der Waals surface area (Å²) in [5.41, 5.74) is -1.38. The third-order valence-electron chi connectivity index (χ3n) is 7.38. The smallest absolute Gasteiger partial charge is 0.380 e. The zero-order chi connectivity index (χ0) is 25.4. The number of carbonyl (C=O) groups is 1. The van der Waals surface area contributed by atoms with Crippen molar-refractivity contribution >= 4 is 34.9 Å². The number of aliphatic hydroxyl groups is 1. The lowest BCUT2D eigenvalue weighted by Gasteiger charge is -2.45. The molecule has 0 bridgehead atoms. The Kier molecular flexibility index (Phi) is 7.40. The number of hydrogen-bond acceptors (Lipinski definition) is 4. The minimum Gasteiger partial charge on any atom is -0.380 e. The quantitative estimate of drug-likeness (QED) is 0.552. The highest BCUT2D eigenvalue weighted by Gasteiger charge is 2.54. The van der Waals surface area contributed by atoms with Crippen molar-refractivity contribution in [3.05, 3.63) is 57.7 Å². The van der Waals surface area contributed by atoms with Gasteiger partial charge in [0.15, 0.2) is 5.60 Å². The number of hydrogen-bond donors (Lipinski definition) is 1. The number of aromatic nitrogens is 1. The molecule has 1 aromatic carbocycles. The fourth-order valence-corrected chi connectivity index (χ4v) is 5.35. The van der Waals surface area contributed by atoms with Crippen LogP contribution in [0.5, 0.6) is 0 Å². The van der Waals surface area contributed by atoms with E-state index in [1.165, 1.54) is 0 Å². The highest BCUT2D eigenvalue weighted by Crippen LogP contribution is 2.42. The number of aryl methyl sites for hydroxylation is 1. The Morgan fingerprint density at radius 1 is 1.09 bits per heavy atom. The molecule has 0 spiro atoms. The van der Waals surface area contributed by atoms with E-state index < -0.39 is 17.2 Å². The summed E-state index contributed by atoms with van der Waals surface area (Å²) in [4.78, 5) is 21.1. The predicted molar refractivity (Wildman–Crippen MR) is 130 cm³/mol. The maximum absolute atomic E-state index is 13.2. The summed E-state index contributed by atoms with van der Waals surface area (Å²) in [6.45, 7) is 3.06. The standard InChI is InChI=1S/C25H28Cl2F3N3O2/c1-17-3-2-4-21(31-17)33-16-23(8-7-22(33)34,18-5-6-19(26)20(27)15-18)9-12-32-13-10-24(35,11-14-32)25(28,29)30/h2-6,15,35H,7-14,16H2,1H3/t23-/m1/s1. The lowest BCUT2D eigenvalue weighted by atomic mass is 9.71. The van der Waals surface area contributed by atoms with Crippen LogP contribution in [0, 0.1) is 6.92 Å². The van der Waals surface area contributed by atoms with Crippen molar-refractivity contribution in [3.8, 4) is 0 Å². The highest BCUT2D eigenvalue weighted by molar-refractivity contribution is 6.42. The van der Waals surface area contributed by atoms with Crippen LogP contribution in [0.4, 0.5) is 19.0 Å². The van der Waals surface area contributed by atoms with Gasteiger partial charge in [0.1, 0.15) is 5.82 Å². The molecule has 4 rings (SSSR count). The van der Waals surface area contributed by atoms with Crippen molar-refractivity contribution in [2.75, 3.05) is 31.1 Å². The largest absolute Gasteiger partial charge is 0.417 e. The van der Waals surface area contributed by atoms with Gasteiger partial charge in [0.05, 0.1) is 10.0 Å². The minimum atomic E-state index is -4.63. The molecule has 3 heterocycles. The number of rotatable bonds is 5.